The maximum absolute atomic E-state index is 11.0. The number of anilines is 1. The zero-order valence-electron chi connectivity index (χ0n) is 8.08. The van der Waals surface area contributed by atoms with Crippen molar-refractivity contribution in [3.8, 4) is 5.69 Å². The van der Waals surface area contributed by atoms with E-state index >= 15 is 0 Å². The number of hydrogen-bond acceptors (Lipinski definition) is 4. The van der Waals surface area contributed by atoms with Crippen molar-refractivity contribution in [2.24, 2.45) is 0 Å². The van der Waals surface area contributed by atoms with Crippen molar-refractivity contribution < 1.29 is 4.92 Å². The molecule has 0 spiro atoms. The van der Waals surface area contributed by atoms with Gasteiger partial charge in [-0.25, -0.2) is 4.68 Å². The van der Waals surface area contributed by atoms with Crippen LogP contribution in [0.25, 0.3) is 5.69 Å². The van der Waals surface area contributed by atoms with Crippen molar-refractivity contribution in [2.75, 3.05) is 5.73 Å². The number of hydrogen-bond donors (Lipinski definition) is 2. The van der Waals surface area contributed by atoms with E-state index in [0.29, 0.717) is 0 Å². The SMILES string of the molecule is Nc1cc(=O)[nH]n1-c1ccccc1[N+](=O)[O-]. The van der Waals surface area contributed by atoms with Gasteiger partial charge in [0, 0.05) is 12.1 Å². The summed E-state index contributed by atoms with van der Waals surface area (Å²) in [7, 11) is 0. The molecular formula is C9H8N4O3. The molecular weight excluding hydrogens is 212 g/mol. The average Bonchev–Trinajstić information content (AvgIpc) is 2.57. The second-order valence-electron chi connectivity index (χ2n) is 3.13. The Bertz CT molecular complexity index is 599. The number of para-hydroxylation sites is 2. The van der Waals surface area contributed by atoms with Crippen LogP contribution in [0, 0.1) is 10.1 Å². The molecule has 0 aliphatic heterocycles. The van der Waals surface area contributed by atoms with Crippen molar-refractivity contribution in [3.05, 3.63) is 50.8 Å². The van der Waals surface area contributed by atoms with Crippen LogP contribution in [0.4, 0.5) is 11.5 Å². The maximum atomic E-state index is 11.0. The number of benzene rings is 1. The van der Waals surface area contributed by atoms with Crippen LogP contribution in [-0.2, 0) is 0 Å². The summed E-state index contributed by atoms with van der Waals surface area (Å²) in [6, 6.07) is 7.17. The first kappa shape index (κ1) is 9.97. The highest BCUT2D eigenvalue weighted by atomic mass is 16.6. The molecule has 0 saturated carbocycles. The van der Waals surface area contributed by atoms with Gasteiger partial charge < -0.3 is 5.73 Å². The van der Waals surface area contributed by atoms with Crippen LogP contribution in [0.2, 0.25) is 0 Å². The lowest BCUT2D eigenvalue weighted by atomic mass is 10.3. The van der Waals surface area contributed by atoms with Crippen LogP contribution >= 0.6 is 0 Å². The molecule has 2 aromatic rings. The van der Waals surface area contributed by atoms with Crippen molar-refractivity contribution in [1.82, 2.24) is 9.78 Å². The molecule has 1 aromatic carbocycles. The fraction of sp³-hybridized carbons (Fsp3) is 0. The molecule has 0 radical (unpaired) electrons. The molecule has 2 rings (SSSR count). The molecule has 1 aromatic heterocycles. The fourth-order valence-corrected chi connectivity index (χ4v) is 1.41. The summed E-state index contributed by atoms with van der Waals surface area (Å²) in [4.78, 5) is 21.3. The molecule has 0 bridgehead atoms. The van der Waals surface area contributed by atoms with E-state index in [0.717, 1.165) is 6.07 Å². The number of nitro groups is 1. The van der Waals surface area contributed by atoms with Crippen molar-refractivity contribution in [2.45, 2.75) is 0 Å². The number of nitrogen functional groups attached to an aromatic ring is 1. The third-order valence-electron chi connectivity index (χ3n) is 2.08. The van der Waals surface area contributed by atoms with Gasteiger partial charge in [0.25, 0.3) is 11.2 Å². The van der Waals surface area contributed by atoms with Crippen molar-refractivity contribution in [1.29, 1.82) is 0 Å². The molecule has 0 atom stereocenters. The lowest BCUT2D eigenvalue weighted by Gasteiger charge is -2.04. The van der Waals surface area contributed by atoms with E-state index in [1.165, 1.54) is 16.8 Å². The highest BCUT2D eigenvalue weighted by Crippen LogP contribution is 2.22. The molecule has 0 saturated heterocycles. The van der Waals surface area contributed by atoms with Crippen molar-refractivity contribution >= 4 is 11.5 Å². The molecule has 7 nitrogen and oxygen atoms in total. The molecule has 0 unspecified atom stereocenters. The minimum atomic E-state index is -0.535. The van der Waals surface area contributed by atoms with Gasteiger partial charge in [-0.15, -0.1) is 0 Å². The van der Waals surface area contributed by atoms with Gasteiger partial charge in [0.2, 0.25) is 0 Å². The van der Waals surface area contributed by atoms with E-state index in [-0.39, 0.29) is 17.2 Å². The van der Waals surface area contributed by atoms with Crippen LogP contribution in [0.5, 0.6) is 0 Å². The van der Waals surface area contributed by atoms with Gasteiger partial charge in [-0.2, -0.15) is 0 Å². The second-order valence-corrected chi connectivity index (χ2v) is 3.13. The molecule has 0 amide bonds. The second kappa shape index (κ2) is 3.54. The highest BCUT2D eigenvalue weighted by molar-refractivity contribution is 5.54. The topological polar surface area (TPSA) is 107 Å². The van der Waals surface area contributed by atoms with Gasteiger partial charge in [0.1, 0.15) is 11.5 Å². The Kier molecular flexibility index (Phi) is 2.20. The zero-order valence-corrected chi connectivity index (χ0v) is 8.08. The Morgan fingerprint density at radius 3 is 2.62 bits per heavy atom. The third kappa shape index (κ3) is 1.54. The third-order valence-corrected chi connectivity index (χ3v) is 2.08. The maximum Gasteiger partial charge on any atom is 0.294 e. The molecule has 3 N–H and O–H groups in total. The summed E-state index contributed by atoms with van der Waals surface area (Å²) in [5.74, 6) is 0.124. The Morgan fingerprint density at radius 2 is 2.06 bits per heavy atom. The number of nitrogens with one attached hydrogen (secondary N) is 1. The minimum absolute atomic E-state index is 0.124. The first-order valence-corrected chi connectivity index (χ1v) is 4.41. The molecule has 0 fully saturated rings. The lowest BCUT2D eigenvalue weighted by Crippen LogP contribution is -2.07. The lowest BCUT2D eigenvalue weighted by molar-refractivity contribution is -0.384. The summed E-state index contributed by atoms with van der Waals surface area (Å²) in [6.45, 7) is 0. The number of aromatic nitrogens is 2. The van der Waals surface area contributed by atoms with Crippen LogP contribution < -0.4 is 11.3 Å². The monoisotopic (exact) mass is 220 g/mol. The van der Waals surface area contributed by atoms with E-state index in [2.05, 4.69) is 5.10 Å². The number of nitro benzene ring substituents is 1. The van der Waals surface area contributed by atoms with Crippen LogP contribution in [0.1, 0.15) is 0 Å². The summed E-state index contributed by atoms with van der Waals surface area (Å²) in [5.41, 5.74) is 5.25. The molecule has 1 heterocycles. The van der Waals surface area contributed by atoms with Gasteiger partial charge in [0.05, 0.1) is 4.92 Å². The van der Waals surface area contributed by atoms with Crippen LogP contribution in [-0.4, -0.2) is 14.7 Å². The Labute approximate surface area is 89.3 Å². The van der Waals surface area contributed by atoms with Gasteiger partial charge >= 0.3 is 0 Å². The zero-order chi connectivity index (χ0) is 11.7. The first-order chi connectivity index (χ1) is 7.59. The summed E-state index contributed by atoms with van der Waals surface area (Å²) in [6.07, 6.45) is 0. The Balaban J connectivity index is 2.69. The van der Waals surface area contributed by atoms with E-state index in [9.17, 15) is 14.9 Å². The summed E-state index contributed by atoms with van der Waals surface area (Å²) in [5, 5.41) is 13.2. The van der Waals surface area contributed by atoms with E-state index in [1.54, 1.807) is 12.1 Å². The largest absolute Gasteiger partial charge is 0.384 e. The van der Waals surface area contributed by atoms with Crippen molar-refractivity contribution in [3.63, 3.8) is 0 Å². The molecule has 16 heavy (non-hydrogen) atoms. The molecule has 0 aliphatic carbocycles. The van der Waals surface area contributed by atoms with Crippen LogP contribution in [0.3, 0.4) is 0 Å². The number of H-pyrrole nitrogens is 1. The average molecular weight is 220 g/mol. The Morgan fingerprint density at radius 1 is 1.38 bits per heavy atom. The van der Waals surface area contributed by atoms with Crippen LogP contribution in [0.15, 0.2) is 35.1 Å². The number of rotatable bonds is 2. The number of nitrogens with zero attached hydrogens (tertiary/aromatic N) is 2. The smallest absolute Gasteiger partial charge is 0.294 e. The van der Waals surface area contributed by atoms with E-state index in [4.69, 9.17) is 5.73 Å². The van der Waals surface area contributed by atoms with Gasteiger partial charge in [-0.05, 0) is 6.07 Å². The van der Waals surface area contributed by atoms with Gasteiger partial charge in [-0.1, -0.05) is 12.1 Å². The Hall–Kier alpha value is -2.57. The van der Waals surface area contributed by atoms with Gasteiger partial charge in [-0.3, -0.25) is 20.0 Å². The number of aromatic amines is 1. The minimum Gasteiger partial charge on any atom is -0.384 e. The first-order valence-electron chi connectivity index (χ1n) is 4.41. The van der Waals surface area contributed by atoms with Gasteiger partial charge in [0.15, 0.2) is 0 Å². The summed E-state index contributed by atoms with van der Waals surface area (Å²) >= 11 is 0. The van der Waals surface area contributed by atoms with E-state index < -0.39 is 10.5 Å². The highest BCUT2D eigenvalue weighted by Gasteiger charge is 2.15. The normalized spacial score (nSPS) is 10.2. The quantitative estimate of drug-likeness (QED) is 0.572. The van der Waals surface area contributed by atoms with E-state index in [1.807, 2.05) is 0 Å². The predicted molar refractivity (Wildman–Crippen MR) is 57.5 cm³/mol. The fourth-order valence-electron chi connectivity index (χ4n) is 1.41. The molecule has 82 valence electrons. The number of nitrogens with two attached hydrogens (primary N) is 1. The molecule has 0 aliphatic rings. The summed E-state index contributed by atoms with van der Waals surface area (Å²) < 4.78 is 1.18. The standard InChI is InChI=1S/C9H8N4O3/c10-8-5-9(14)11-12(8)6-3-1-2-4-7(6)13(15)16/h1-5H,10H2,(H,11,14). The molecule has 7 heteroatoms. The predicted octanol–water partition coefficient (Wildman–Crippen LogP) is 0.656.